The molecule has 0 spiro atoms. The van der Waals surface area contributed by atoms with Crippen LogP contribution in [0.1, 0.15) is 54.5 Å². The van der Waals surface area contributed by atoms with E-state index >= 15 is 0 Å². The number of benzene rings is 2. The number of hydrogen-bond donors (Lipinski definition) is 4. The fraction of sp³-hybridized carbons (Fsp3) is 0.400. The number of likely N-dealkylation sites (N-methyl/N-ethyl adjacent to an activating group) is 1. The van der Waals surface area contributed by atoms with E-state index < -0.39 is 26.9 Å². The predicted octanol–water partition coefficient (Wildman–Crippen LogP) is 2.73. The standard InChI is InChI=1S/C30H39N7O4S/c1-7-37-24-13-12-23(20(3)27(24)35-36-37)26(30(4,5)29(39)33-16-15-31-6)21-11-10-19(2)22(17-21)18-34-42(40,41)25-9-8-14-32-28(25)38/h8-14,17,26,31,34H,7,15-16,18H2,1-6H3,(H,32,38)(H,33,39)/t26-/m0/s1. The van der Waals surface area contributed by atoms with Gasteiger partial charge < -0.3 is 15.6 Å². The molecule has 0 unspecified atom stereocenters. The molecule has 11 nitrogen and oxygen atoms in total. The molecule has 0 fully saturated rings. The zero-order chi connectivity index (χ0) is 30.7. The van der Waals surface area contributed by atoms with Gasteiger partial charge in [0, 0.05) is 38.3 Å². The van der Waals surface area contributed by atoms with Gasteiger partial charge in [0.15, 0.2) is 0 Å². The Morgan fingerprint density at radius 1 is 1.12 bits per heavy atom. The number of aryl methyl sites for hydroxylation is 3. The van der Waals surface area contributed by atoms with Crippen molar-refractivity contribution in [1.29, 1.82) is 0 Å². The van der Waals surface area contributed by atoms with Crippen molar-refractivity contribution in [3.8, 4) is 0 Å². The molecule has 224 valence electrons. The molecule has 0 bridgehead atoms. The zero-order valence-electron chi connectivity index (χ0n) is 24.9. The number of H-pyrrole nitrogens is 1. The Balaban J connectivity index is 1.79. The van der Waals surface area contributed by atoms with Gasteiger partial charge in [0.2, 0.25) is 15.9 Å². The van der Waals surface area contributed by atoms with E-state index in [9.17, 15) is 18.0 Å². The number of nitrogens with one attached hydrogen (secondary N) is 4. The Morgan fingerprint density at radius 2 is 1.88 bits per heavy atom. The molecule has 42 heavy (non-hydrogen) atoms. The summed E-state index contributed by atoms with van der Waals surface area (Å²) in [6.45, 7) is 11.5. The zero-order valence-corrected chi connectivity index (χ0v) is 25.7. The number of rotatable bonds is 12. The van der Waals surface area contributed by atoms with Gasteiger partial charge in [-0.15, -0.1) is 5.10 Å². The SMILES string of the molecule is CCn1nnc2c(C)c([C@H](c3ccc(C)c(CNS(=O)(=O)c4ccc[nH]c4=O)c3)C(C)(C)C(=O)NCCNC)ccc21. The quantitative estimate of drug-likeness (QED) is 0.184. The van der Waals surface area contributed by atoms with Crippen LogP contribution < -0.4 is 20.9 Å². The fourth-order valence-corrected chi connectivity index (χ4v) is 6.37. The molecule has 1 amide bonds. The summed E-state index contributed by atoms with van der Waals surface area (Å²) in [6, 6.07) is 12.6. The lowest BCUT2D eigenvalue weighted by Crippen LogP contribution is -2.43. The number of nitrogens with zero attached hydrogens (tertiary/aromatic N) is 3. The van der Waals surface area contributed by atoms with Crippen LogP contribution in [0, 0.1) is 19.3 Å². The van der Waals surface area contributed by atoms with Gasteiger partial charge in [-0.3, -0.25) is 9.59 Å². The molecule has 0 radical (unpaired) electrons. The molecule has 4 aromatic rings. The monoisotopic (exact) mass is 593 g/mol. The average molecular weight is 594 g/mol. The third-order valence-corrected chi connectivity index (χ3v) is 9.22. The van der Waals surface area contributed by atoms with Crippen molar-refractivity contribution in [3.05, 3.63) is 86.8 Å². The highest BCUT2D eigenvalue weighted by Gasteiger charge is 2.40. The molecule has 4 N–H and O–H groups in total. The minimum absolute atomic E-state index is 0.0271. The van der Waals surface area contributed by atoms with Crippen molar-refractivity contribution in [3.63, 3.8) is 0 Å². The Labute approximate surface area is 246 Å². The summed E-state index contributed by atoms with van der Waals surface area (Å²) in [6.07, 6.45) is 1.38. The first-order chi connectivity index (χ1) is 19.9. The van der Waals surface area contributed by atoms with E-state index in [0.717, 1.165) is 38.9 Å². The van der Waals surface area contributed by atoms with E-state index in [1.54, 1.807) is 0 Å². The summed E-state index contributed by atoms with van der Waals surface area (Å²) in [5, 5.41) is 14.8. The van der Waals surface area contributed by atoms with Gasteiger partial charge in [0.05, 0.1) is 10.9 Å². The fourth-order valence-electron chi connectivity index (χ4n) is 5.30. The summed E-state index contributed by atoms with van der Waals surface area (Å²) in [4.78, 5) is 27.8. The molecular weight excluding hydrogens is 554 g/mol. The van der Waals surface area contributed by atoms with Gasteiger partial charge in [-0.2, -0.15) is 0 Å². The highest BCUT2D eigenvalue weighted by atomic mass is 32.2. The van der Waals surface area contributed by atoms with Crippen molar-refractivity contribution < 1.29 is 13.2 Å². The number of carbonyl (C=O) groups excluding carboxylic acids is 1. The maximum absolute atomic E-state index is 13.7. The number of aromatic amines is 1. The lowest BCUT2D eigenvalue weighted by atomic mass is 9.69. The topological polar surface area (TPSA) is 151 Å². The van der Waals surface area contributed by atoms with Crippen LogP contribution in [0.5, 0.6) is 0 Å². The number of hydrogen-bond acceptors (Lipinski definition) is 7. The molecule has 0 saturated heterocycles. The molecule has 0 aliphatic rings. The van der Waals surface area contributed by atoms with E-state index in [1.807, 2.05) is 76.7 Å². The van der Waals surface area contributed by atoms with Gasteiger partial charge in [-0.25, -0.2) is 17.8 Å². The van der Waals surface area contributed by atoms with Crippen LogP contribution in [0.25, 0.3) is 11.0 Å². The van der Waals surface area contributed by atoms with E-state index in [-0.39, 0.29) is 17.3 Å². The van der Waals surface area contributed by atoms with E-state index in [0.29, 0.717) is 19.6 Å². The predicted molar refractivity (Wildman–Crippen MR) is 163 cm³/mol. The summed E-state index contributed by atoms with van der Waals surface area (Å²) in [5.41, 5.74) is 4.44. The first kappa shape index (κ1) is 31.1. The Morgan fingerprint density at radius 3 is 2.57 bits per heavy atom. The Bertz CT molecular complexity index is 1760. The number of sulfonamides is 1. The minimum Gasteiger partial charge on any atom is -0.354 e. The lowest BCUT2D eigenvalue weighted by molar-refractivity contribution is -0.130. The minimum atomic E-state index is -4.06. The Kier molecular flexibility index (Phi) is 9.29. The number of pyridine rings is 1. The summed E-state index contributed by atoms with van der Waals surface area (Å²) >= 11 is 0. The maximum atomic E-state index is 13.7. The number of amides is 1. The van der Waals surface area contributed by atoms with E-state index in [1.165, 1.54) is 18.3 Å². The van der Waals surface area contributed by atoms with Gasteiger partial charge in [0.1, 0.15) is 10.4 Å². The average Bonchev–Trinajstić information content (AvgIpc) is 3.38. The van der Waals surface area contributed by atoms with Gasteiger partial charge in [0.25, 0.3) is 5.56 Å². The van der Waals surface area contributed by atoms with Crippen molar-refractivity contribution in [1.82, 2.24) is 35.3 Å². The molecule has 12 heteroatoms. The van der Waals surface area contributed by atoms with Crippen LogP contribution in [-0.4, -0.2) is 54.4 Å². The van der Waals surface area contributed by atoms with Crippen LogP contribution in [-0.2, 0) is 27.9 Å². The van der Waals surface area contributed by atoms with Crippen LogP contribution >= 0.6 is 0 Å². The largest absolute Gasteiger partial charge is 0.354 e. The second-order valence-corrected chi connectivity index (χ2v) is 12.7. The van der Waals surface area contributed by atoms with Gasteiger partial charge >= 0.3 is 0 Å². The second kappa shape index (κ2) is 12.6. The van der Waals surface area contributed by atoms with Crippen LogP contribution in [0.2, 0.25) is 0 Å². The highest BCUT2D eigenvalue weighted by molar-refractivity contribution is 7.89. The number of fused-ring (bicyclic) bond motifs is 1. The van der Waals surface area contributed by atoms with Crippen molar-refractivity contribution >= 4 is 27.0 Å². The molecule has 4 rings (SSSR count). The van der Waals surface area contributed by atoms with E-state index in [4.69, 9.17) is 0 Å². The third kappa shape index (κ3) is 6.15. The molecule has 0 saturated carbocycles. The van der Waals surface area contributed by atoms with Gasteiger partial charge in [-0.1, -0.05) is 43.3 Å². The molecule has 2 aromatic carbocycles. The van der Waals surface area contributed by atoms with Crippen LogP contribution in [0.4, 0.5) is 0 Å². The lowest BCUT2D eigenvalue weighted by Gasteiger charge is -2.35. The first-order valence-corrected chi connectivity index (χ1v) is 15.4. The normalized spacial score (nSPS) is 12.9. The van der Waals surface area contributed by atoms with E-state index in [2.05, 4.69) is 30.7 Å². The number of aromatic nitrogens is 4. The molecule has 2 heterocycles. The smallest absolute Gasteiger partial charge is 0.268 e. The second-order valence-electron chi connectivity index (χ2n) is 10.9. The summed E-state index contributed by atoms with van der Waals surface area (Å²) < 4.78 is 30.3. The molecule has 1 atom stereocenters. The third-order valence-electron chi connectivity index (χ3n) is 7.79. The molecular formula is C30H39N7O4S. The van der Waals surface area contributed by atoms with Crippen LogP contribution in [0.15, 0.2) is 58.4 Å². The summed E-state index contributed by atoms with van der Waals surface area (Å²) in [5.74, 6) is -0.498. The molecule has 0 aliphatic heterocycles. The maximum Gasteiger partial charge on any atom is 0.268 e. The molecule has 2 aromatic heterocycles. The van der Waals surface area contributed by atoms with Crippen molar-refractivity contribution in [2.45, 2.75) is 58.5 Å². The van der Waals surface area contributed by atoms with Gasteiger partial charge in [-0.05, 0) is 73.8 Å². The first-order valence-electron chi connectivity index (χ1n) is 13.9. The Hall–Kier alpha value is -3.87. The van der Waals surface area contributed by atoms with Crippen LogP contribution in [0.3, 0.4) is 0 Å². The summed E-state index contributed by atoms with van der Waals surface area (Å²) in [7, 11) is -2.23. The van der Waals surface area contributed by atoms with Crippen molar-refractivity contribution in [2.75, 3.05) is 20.1 Å². The van der Waals surface area contributed by atoms with Crippen molar-refractivity contribution in [2.24, 2.45) is 5.41 Å². The number of carbonyl (C=O) groups is 1. The molecule has 0 aliphatic carbocycles. The highest BCUT2D eigenvalue weighted by Crippen LogP contribution is 2.44.